The Hall–Kier alpha value is -2.40. The second-order valence-electron chi connectivity index (χ2n) is 6.39. The lowest BCUT2D eigenvalue weighted by Gasteiger charge is -2.07. The van der Waals surface area contributed by atoms with Gasteiger partial charge in [-0.3, -0.25) is 9.52 Å². The number of aryl methyl sites for hydroxylation is 1. The van der Waals surface area contributed by atoms with Gasteiger partial charge in [-0.05, 0) is 60.3 Å². The second kappa shape index (κ2) is 8.76. The van der Waals surface area contributed by atoms with Gasteiger partial charge < -0.3 is 5.32 Å². The number of hydrogen-bond donors (Lipinski definition) is 2. The predicted octanol–water partition coefficient (Wildman–Crippen LogP) is 5.20. The number of nitrogens with one attached hydrogen (secondary N) is 2. The molecule has 4 aromatic rings. The Balaban J connectivity index is 1.32. The van der Waals surface area contributed by atoms with Crippen molar-refractivity contribution in [3.8, 4) is 0 Å². The van der Waals surface area contributed by atoms with Crippen molar-refractivity contribution in [2.75, 3.05) is 15.8 Å². The van der Waals surface area contributed by atoms with Gasteiger partial charge in [0.25, 0.3) is 10.0 Å². The number of hydrogen-bond acceptors (Lipinski definition) is 7. The highest BCUT2D eigenvalue weighted by Gasteiger charge is 2.15. The number of sulfonamides is 1. The van der Waals surface area contributed by atoms with Crippen molar-refractivity contribution in [1.29, 1.82) is 0 Å². The summed E-state index contributed by atoms with van der Waals surface area (Å²) in [6.45, 7) is 2.02. The maximum absolute atomic E-state index is 12.3. The van der Waals surface area contributed by atoms with Crippen molar-refractivity contribution in [3.63, 3.8) is 0 Å². The summed E-state index contributed by atoms with van der Waals surface area (Å²) < 4.78 is 28.4. The van der Waals surface area contributed by atoms with E-state index in [1.54, 1.807) is 41.8 Å². The zero-order chi connectivity index (χ0) is 21.1. The van der Waals surface area contributed by atoms with E-state index in [1.807, 2.05) is 25.1 Å². The Labute approximate surface area is 186 Å². The molecule has 0 atom stereocenters. The van der Waals surface area contributed by atoms with Crippen LogP contribution in [-0.4, -0.2) is 25.1 Å². The average Bonchev–Trinajstić information content (AvgIpc) is 3.37. The first-order valence-electron chi connectivity index (χ1n) is 8.85. The molecule has 0 fully saturated rings. The highest BCUT2D eigenvalue weighted by molar-refractivity contribution is 8.00. The molecule has 0 saturated carbocycles. The molecule has 0 aliphatic heterocycles. The van der Waals surface area contributed by atoms with E-state index in [1.165, 1.54) is 23.1 Å². The normalized spacial score (nSPS) is 11.5. The van der Waals surface area contributed by atoms with Crippen molar-refractivity contribution in [2.24, 2.45) is 0 Å². The minimum Gasteiger partial charge on any atom is -0.301 e. The first-order valence-corrected chi connectivity index (χ1v) is 13.0. The zero-order valence-electron chi connectivity index (χ0n) is 15.8. The van der Waals surface area contributed by atoms with Gasteiger partial charge in [0.2, 0.25) is 5.91 Å². The standard InChI is InChI=1S/C20H17N3O3S4/c1-13-4-9-16-17(11-13)29-20(21-16)22-18(24)12-28-15-7-5-14(6-8-15)23-30(25,26)19-3-2-10-27-19/h2-11,23H,12H2,1H3,(H,21,22,24). The van der Waals surface area contributed by atoms with Crippen LogP contribution in [0.2, 0.25) is 0 Å². The van der Waals surface area contributed by atoms with E-state index in [4.69, 9.17) is 0 Å². The van der Waals surface area contributed by atoms with Crippen LogP contribution in [0.5, 0.6) is 0 Å². The SMILES string of the molecule is Cc1ccc2nc(NC(=O)CSc3ccc(NS(=O)(=O)c4cccs4)cc3)sc2c1. The fourth-order valence-electron chi connectivity index (χ4n) is 2.63. The molecule has 2 aromatic heterocycles. The molecule has 0 unspecified atom stereocenters. The lowest BCUT2D eigenvalue weighted by atomic mass is 10.2. The quantitative estimate of drug-likeness (QED) is 0.359. The summed E-state index contributed by atoms with van der Waals surface area (Å²) in [5.74, 6) is 0.0909. The molecule has 30 heavy (non-hydrogen) atoms. The number of carbonyl (C=O) groups is 1. The second-order valence-corrected chi connectivity index (χ2v) is 11.3. The maximum Gasteiger partial charge on any atom is 0.271 e. The summed E-state index contributed by atoms with van der Waals surface area (Å²) in [7, 11) is -3.57. The topological polar surface area (TPSA) is 88.2 Å². The third-order valence-electron chi connectivity index (χ3n) is 4.03. The van der Waals surface area contributed by atoms with E-state index >= 15 is 0 Å². The minimum atomic E-state index is -3.57. The fraction of sp³-hybridized carbons (Fsp3) is 0.100. The van der Waals surface area contributed by atoms with Crippen molar-refractivity contribution < 1.29 is 13.2 Å². The monoisotopic (exact) mass is 475 g/mol. The van der Waals surface area contributed by atoms with E-state index in [0.29, 0.717) is 10.8 Å². The number of thiophene rings is 1. The molecular weight excluding hydrogens is 459 g/mol. The third-order valence-corrected chi connectivity index (χ3v) is 8.75. The van der Waals surface area contributed by atoms with Crippen molar-refractivity contribution in [2.45, 2.75) is 16.0 Å². The fourth-order valence-corrected chi connectivity index (χ4v) is 6.36. The number of fused-ring (bicyclic) bond motifs is 1. The number of anilines is 2. The van der Waals surface area contributed by atoms with Gasteiger partial charge in [-0.1, -0.05) is 23.5 Å². The lowest BCUT2D eigenvalue weighted by molar-refractivity contribution is -0.113. The lowest BCUT2D eigenvalue weighted by Crippen LogP contribution is -2.13. The molecule has 4 rings (SSSR count). The van der Waals surface area contributed by atoms with Gasteiger partial charge in [0.1, 0.15) is 4.21 Å². The van der Waals surface area contributed by atoms with E-state index in [-0.39, 0.29) is 15.9 Å². The molecule has 0 bridgehead atoms. The number of aromatic nitrogens is 1. The summed E-state index contributed by atoms with van der Waals surface area (Å²) in [5.41, 5.74) is 2.50. The Kier molecular flexibility index (Phi) is 6.09. The van der Waals surface area contributed by atoms with Crippen LogP contribution in [0.3, 0.4) is 0 Å². The molecule has 0 aliphatic rings. The number of nitrogens with zero attached hydrogens (tertiary/aromatic N) is 1. The first-order chi connectivity index (χ1) is 14.4. The van der Waals surface area contributed by atoms with Gasteiger partial charge >= 0.3 is 0 Å². The molecule has 0 spiro atoms. The van der Waals surface area contributed by atoms with Crippen LogP contribution in [0.15, 0.2) is 69.1 Å². The van der Waals surface area contributed by atoms with Crippen LogP contribution in [-0.2, 0) is 14.8 Å². The van der Waals surface area contributed by atoms with Gasteiger partial charge in [-0.15, -0.1) is 23.1 Å². The highest BCUT2D eigenvalue weighted by Crippen LogP contribution is 2.27. The number of benzene rings is 2. The number of amides is 1. The van der Waals surface area contributed by atoms with Gasteiger partial charge in [-0.25, -0.2) is 13.4 Å². The average molecular weight is 476 g/mol. The Bertz CT molecular complexity index is 1280. The molecule has 6 nitrogen and oxygen atoms in total. The summed E-state index contributed by atoms with van der Waals surface area (Å²) in [4.78, 5) is 17.6. The van der Waals surface area contributed by atoms with Crippen molar-refractivity contribution >= 4 is 71.4 Å². The molecule has 1 amide bonds. The molecule has 2 N–H and O–H groups in total. The summed E-state index contributed by atoms with van der Waals surface area (Å²) in [6.07, 6.45) is 0. The van der Waals surface area contributed by atoms with Crippen LogP contribution in [0.25, 0.3) is 10.2 Å². The molecule has 0 saturated heterocycles. The van der Waals surface area contributed by atoms with E-state index in [9.17, 15) is 13.2 Å². The first kappa shape index (κ1) is 20.9. The van der Waals surface area contributed by atoms with Crippen LogP contribution < -0.4 is 10.0 Å². The predicted molar refractivity (Wildman–Crippen MR) is 125 cm³/mol. The zero-order valence-corrected chi connectivity index (χ0v) is 19.1. The number of rotatable bonds is 7. The van der Waals surface area contributed by atoms with Gasteiger partial charge in [-0.2, -0.15) is 0 Å². The van der Waals surface area contributed by atoms with E-state index in [2.05, 4.69) is 15.0 Å². The molecular formula is C20H17N3O3S4. The summed E-state index contributed by atoms with van der Waals surface area (Å²) in [5, 5.41) is 5.14. The van der Waals surface area contributed by atoms with Gasteiger partial charge in [0.05, 0.1) is 16.0 Å². The van der Waals surface area contributed by atoms with Crippen LogP contribution in [0, 0.1) is 6.92 Å². The third kappa shape index (κ3) is 5.01. The highest BCUT2D eigenvalue weighted by atomic mass is 32.2. The number of thioether (sulfide) groups is 1. The molecule has 2 heterocycles. The van der Waals surface area contributed by atoms with E-state index in [0.717, 1.165) is 32.0 Å². The largest absolute Gasteiger partial charge is 0.301 e. The smallest absolute Gasteiger partial charge is 0.271 e. The van der Waals surface area contributed by atoms with Crippen LogP contribution in [0.1, 0.15) is 5.56 Å². The minimum absolute atomic E-state index is 0.141. The molecule has 0 radical (unpaired) electrons. The van der Waals surface area contributed by atoms with Crippen molar-refractivity contribution in [1.82, 2.24) is 4.98 Å². The van der Waals surface area contributed by atoms with Gasteiger partial charge in [0.15, 0.2) is 5.13 Å². The maximum atomic E-state index is 12.3. The molecule has 10 heteroatoms. The molecule has 2 aromatic carbocycles. The summed E-state index contributed by atoms with van der Waals surface area (Å²) in [6, 6.07) is 16.2. The Morgan fingerprint density at radius 1 is 1.13 bits per heavy atom. The Morgan fingerprint density at radius 3 is 2.67 bits per heavy atom. The van der Waals surface area contributed by atoms with Crippen LogP contribution in [0.4, 0.5) is 10.8 Å². The van der Waals surface area contributed by atoms with Crippen molar-refractivity contribution in [3.05, 3.63) is 65.5 Å². The van der Waals surface area contributed by atoms with E-state index < -0.39 is 10.0 Å². The van der Waals surface area contributed by atoms with Crippen LogP contribution >= 0.6 is 34.4 Å². The summed E-state index contributed by atoms with van der Waals surface area (Å²) >= 11 is 3.98. The Morgan fingerprint density at radius 2 is 1.93 bits per heavy atom. The number of carbonyl (C=O) groups excluding carboxylic acids is 1. The molecule has 0 aliphatic carbocycles. The van der Waals surface area contributed by atoms with Gasteiger partial charge in [0, 0.05) is 10.6 Å². The molecule has 154 valence electrons. The number of thiazole rings is 1.